The average molecular weight is 135 g/mol. The molecule has 3 heteroatoms. The van der Waals surface area contributed by atoms with Gasteiger partial charge in [-0.15, -0.1) is 0 Å². The van der Waals surface area contributed by atoms with E-state index < -0.39 is 0 Å². The van der Waals surface area contributed by atoms with E-state index >= 15 is 0 Å². The van der Waals surface area contributed by atoms with E-state index in [1.54, 1.807) is 6.07 Å². The summed E-state index contributed by atoms with van der Waals surface area (Å²) < 4.78 is 4.72. The number of hydrogen-bond donors (Lipinski definition) is 1. The third-order valence-corrected chi connectivity index (χ3v) is 1.18. The molecule has 0 saturated carbocycles. The Morgan fingerprint density at radius 1 is 1.50 bits per heavy atom. The van der Waals surface area contributed by atoms with Crippen molar-refractivity contribution in [3.8, 4) is 5.75 Å². The molecule has 0 unspecified atom stereocenters. The van der Waals surface area contributed by atoms with Gasteiger partial charge in [0.05, 0.1) is 0 Å². The van der Waals surface area contributed by atoms with Crippen molar-refractivity contribution < 1.29 is 9.68 Å². The summed E-state index contributed by atoms with van der Waals surface area (Å²) in [6.07, 6.45) is 0. The molecule has 0 aliphatic heterocycles. The molecule has 0 fully saturated rings. The lowest BCUT2D eigenvalue weighted by atomic mass is 10.2. The molecule has 1 radical (unpaired) electrons. The molecular weight excluding hydrogens is 127 g/mol. The molecule has 51 valence electrons. The normalized spacial score (nSPS) is 9.00. The average Bonchev–Trinajstić information content (AvgIpc) is 1.88. The molecule has 0 saturated heterocycles. The minimum absolute atomic E-state index is 0.655. The molecule has 1 N–H and O–H groups in total. The van der Waals surface area contributed by atoms with E-state index in [0.717, 1.165) is 5.56 Å². The van der Waals surface area contributed by atoms with Crippen LogP contribution in [0.3, 0.4) is 0 Å². The van der Waals surface area contributed by atoms with Crippen molar-refractivity contribution in [3.05, 3.63) is 29.8 Å². The van der Waals surface area contributed by atoms with Gasteiger partial charge in [0, 0.05) is 0 Å². The van der Waals surface area contributed by atoms with Gasteiger partial charge in [0.1, 0.15) is 5.75 Å². The minimum Gasteiger partial charge on any atom is -0.537 e. The quantitative estimate of drug-likeness (QED) is 0.610. The van der Waals surface area contributed by atoms with Crippen LogP contribution in [0.1, 0.15) is 5.56 Å². The Labute approximate surface area is 60.8 Å². The predicted molar refractivity (Wildman–Crippen MR) is 39.8 cm³/mol. The van der Waals surface area contributed by atoms with E-state index in [0.29, 0.717) is 13.4 Å². The molecule has 10 heavy (non-hydrogen) atoms. The van der Waals surface area contributed by atoms with Crippen molar-refractivity contribution in [3.63, 3.8) is 0 Å². The van der Waals surface area contributed by atoms with Crippen molar-refractivity contribution in [2.75, 3.05) is 0 Å². The Hall–Kier alpha value is -0.955. The molecule has 0 atom stereocenters. The van der Waals surface area contributed by atoms with Crippen molar-refractivity contribution in [1.82, 2.24) is 0 Å². The highest BCUT2D eigenvalue weighted by molar-refractivity contribution is 6.17. The zero-order valence-electron chi connectivity index (χ0n) is 5.74. The van der Waals surface area contributed by atoms with Crippen LogP contribution < -0.4 is 4.65 Å². The molecule has 0 bridgehead atoms. The largest absolute Gasteiger partial charge is 0.569 e. The van der Waals surface area contributed by atoms with Crippen molar-refractivity contribution >= 4 is 7.69 Å². The molecule has 0 spiro atoms. The summed E-state index contributed by atoms with van der Waals surface area (Å²) in [5, 5.41) is 8.26. The van der Waals surface area contributed by atoms with Crippen LogP contribution in [0.25, 0.3) is 0 Å². The van der Waals surface area contributed by atoms with E-state index in [9.17, 15) is 0 Å². The van der Waals surface area contributed by atoms with Crippen LogP contribution >= 0.6 is 0 Å². The fourth-order valence-corrected chi connectivity index (χ4v) is 0.750. The van der Waals surface area contributed by atoms with Gasteiger partial charge in [0.2, 0.25) is 0 Å². The first-order chi connectivity index (χ1) is 4.83. The molecule has 1 aromatic carbocycles. The summed E-state index contributed by atoms with van der Waals surface area (Å²) in [4.78, 5) is 0. The summed E-state index contributed by atoms with van der Waals surface area (Å²) in [5.41, 5.74) is 1.11. The van der Waals surface area contributed by atoms with Crippen LogP contribution in [0.4, 0.5) is 0 Å². The SMILES string of the molecule is Cc1cccc(O[B]O)c1. The molecule has 2 nitrogen and oxygen atoms in total. The summed E-state index contributed by atoms with van der Waals surface area (Å²) in [6.45, 7) is 1.96. The van der Waals surface area contributed by atoms with E-state index in [4.69, 9.17) is 9.68 Å². The summed E-state index contributed by atoms with van der Waals surface area (Å²) in [7, 11) is 0.675. The predicted octanol–water partition coefficient (Wildman–Crippen LogP) is 0.900. The highest BCUT2D eigenvalue weighted by Crippen LogP contribution is 2.10. The lowest BCUT2D eigenvalue weighted by molar-refractivity contribution is 0.453. The molecule has 1 rings (SSSR count). The highest BCUT2D eigenvalue weighted by Gasteiger charge is 1.92. The van der Waals surface area contributed by atoms with Gasteiger partial charge in [-0.1, -0.05) is 12.1 Å². The van der Waals surface area contributed by atoms with E-state index in [-0.39, 0.29) is 0 Å². The van der Waals surface area contributed by atoms with Crippen molar-refractivity contribution in [1.29, 1.82) is 0 Å². The summed E-state index contributed by atoms with van der Waals surface area (Å²) >= 11 is 0. The van der Waals surface area contributed by atoms with Gasteiger partial charge in [-0.2, -0.15) is 0 Å². The first-order valence-electron chi connectivity index (χ1n) is 3.02. The topological polar surface area (TPSA) is 29.5 Å². The van der Waals surface area contributed by atoms with Gasteiger partial charge >= 0.3 is 7.69 Å². The second kappa shape index (κ2) is 3.27. The number of benzene rings is 1. The van der Waals surface area contributed by atoms with Crippen LogP contribution in [0.5, 0.6) is 5.75 Å². The summed E-state index contributed by atoms with van der Waals surface area (Å²) in [6, 6.07) is 7.45. The molecule has 0 aromatic heterocycles. The minimum atomic E-state index is 0.655. The van der Waals surface area contributed by atoms with Gasteiger partial charge < -0.3 is 9.68 Å². The third-order valence-electron chi connectivity index (χ3n) is 1.18. The Balaban J connectivity index is 2.75. The molecule has 0 amide bonds. The zero-order chi connectivity index (χ0) is 7.40. The molecule has 0 aliphatic carbocycles. The van der Waals surface area contributed by atoms with E-state index in [1.165, 1.54) is 0 Å². The Morgan fingerprint density at radius 3 is 2.90 bits per heavy atom. The van der Waals surface area contributed by atoms with Crippen molar-refractivity contribution in [2.45, 2.75) is 6.92 Å². The van der Waals surface area contributed by atoms with Crippen LogP contribution in [0.2, 0.25) is 0 Å². The first-order valence-corrected chi connectivity index (χ1v) is 3.02. The van der Waals surface area contributed by atoms with Gasteiger partial charge in [0.15, 0.2) is 0 Å². The van der Waals surface area contributed by atoms with Crippen LogP contribution in [0.15, 0.2) is 24.3 Å². The van der Waals surface area contributed by atoms with Crippen LogP contribution in [-0.2, 0) is 0 Å². The highest BCUT2D eigenvalue weighted by atomic mass is 16.5. The monoisotopic (exact) mass is 135 g/mol. The maximum absolute atomic E-state index is 8.26. The Morgan fingerprint density at radius 2 is 2.30 bits per heavy atom. The van der Waals surface area contributed by atoms with E-state index in [2.05, 4.69) is 0 Å². The van der Waals surface area contributed by atoms with Crippen LogP contribution in [-0.4, -0.2) is 12.7 Å². The third kappa shape index (κ3) is 1.77. The molecular formula is C7H8BO2. The molecule has 0 heterocycles. The lowest BCUT2D eigenvalue weighted by Gasteiger charge is -2.00. The standard InChI is InChI=1S/C7H8BO2/c1-6-3-2-4-7(5-6)10-8-9/h2-5,9H,1H3. The number of rotatable bonds is 2. The van der Waals surface area contributed by atoms with Crippen molar-refractivity contribution in [2.24, 2.45) is 0 Å². The molecule has 0 aliphatic rings. The summed E-state index contributed by atoms with van der Waals surface area (Å²) in [5.74, 6) is 0.655. The fourth-order valence-electron chi connectivity index (χ4n) is 0.750. The van der Waals surface area contributed by atoms with Gasteiger partial charge in [-0.05, 0) is 24.6 Å². The smallest absolute Gasteiger partial charge is 0.537 e. The maximum atomic E-state index is 8.26. The maximum Gasteiger partial charge on any atom is 0.569 e. The number of hydrogen-bond acceptors (Lipinski definition) is 2. The van der Waals surface area contributed by atoms with Gasteiger partial charge in [-0.3, -0.25) is 0 Å². The van der Waals surface area contributed by atoms with Gasteiger partial charge in [-0.25, -0.2) is 0 Å². The van der Waals surface area contributed by atoms with E-state index in [1.807, 2.05) is 25.1 Å². The Bertz CT molecular complexity index is 213. The zero-order valence-corrected chi connectivity index (χ0v) is 5.74. The second-order valence-corrected chi connectivity index (χ2v) is 2.04. The molecule has 1 aromatic rings. The fraction of sp³-hybridized carbons (Fsp3) is 0.143. The second-order valence-electron chi connectivity index (χ2n) is 2.04. The van der Waals surface area contributed by atoms with Gasteiger partial charge in [0.25, 0.3) is 0 Å². The Kier molecular flexibility index (Phi) is 2.34. The van der Waals surface area contributed by atoms with Crippen LogP contribution in [0, 0.1) is 6.92 Å². The first kappa shape index (κ1) is 7.16. The number of aryl methyl sites for hydroxylation is 1. The lowest BCUT2D eigenvalue weighted by Crippen LogP contribution is -1.99.